The molecule has 1 heterocycles. The normalized spacial score (nSPS) is 11.5. The summed E-state index contributed by atoms with van der Waals surface area (Å²) in [5.41, 5.74) is 14.3. The standard InChI is InChI=1S/C60H39NO/c1-3-16-40(17-4-1)50-35-34-47(39-55(50)41-18-5-2-6-19-41)61(58-29-15-28-54-57-36-43-20-7-8-21-44(43)38-59(57)62-60(54)58)46-32-30-42(31-33-46)48-23-11-12-26-52(48)56-37-45-22-9-10-24-49(45)51-25-13-14-27-53(51)56/h1-39H. The molecule has 0 radical (unpaired) electrons. The molecule has 0 saturated heterocycles. The van der Waals surface area contributed by atoms with Gasteiger partial charge in [0.1, 0.15) is 5.58 Å². The fourth-order valence-electron chi connectivity index (χ4n) is 9.51. The molecule has 0 atom stereocenters. The van der Waals surface area contributed by atoms with E-state index in [1.54, 1.807) is 0 Å². The predicted octanol–water partition coefficient (Wildman–Crippen LogP) is 17.2. The minimum Gasteiger partial charge on any atom is -0.454 e. The lowest BCUT2D eigenvalue weighted by molar-refractivity contribution is 0.669. The summed E-state index contributed by atoms with van der Waals surface area (Å²) in [5, 5.41) is 9.58. The SMILES string of the molecule is c1ccc(-c2ccc(N(c3ccc(-c4ccccc4-c4cc5ccccc5c5ccccc45)cc3)c3cccc4c3oc3cc5ccccc5cc34)cc2-c2ccccc2)cc1. The van der Waals surface area contributed by atoms with Gasteiger partial charge in [0.2, 0.25) is 0 Å². The molecule has 0 spiro atoms. The maximum absolute atomic E-state index is 6.91. The molecule has 290 valence electrons. The zero-order chi connectivity index (χ0) is 41.0. The number of para-hydroxylation sites is 1. The van der Waals surface area contributed by atoms with E-state index in [9.17, 15) is 0 Å². The van der Waals surface area contributed by atoms with Crippen molar-refractivity contribution < 1.29 is 4.42 Å². The average molecular weight is 790 g/mol. The summed E-state index contributed by atoms with van der Waals surface area (Å²) in [6.07, 6.45) is 0. The van der Waals surface area contributed by atoms with E-state index in [4.69, 9.17) is 4.42 Å². The molecule has 62 heavy (non-hydrogen) atoms. The van der Waals surface area contributed by atoms with Gasteiger partial charge in [-0.1, -0.05) is 188 Å². The molecule has 0 fully saturated rings. The van der Waals surface area contributed by atoms with Gasteiger partial charge in [0.15, 0.2) is 5.58 Å². The first kappa shape index (κ1) is 35.7. The second-order valence-electron chi connectivity index (χ2n) is 16.0. The second kappa shape index (κ2) is 14.8. The number of fused-ring (bicyclic) bond motifs is 7. The highest BCUT2D eigenvalue weighted by Gasteiger charge is 2.22. The third kappa shape index (κ3) is 6.04. The maximum Gasteiger partial charge on any atom is 0.159 e. The van der Waals surface area contributed by atoms with E-state index in [1.165, 1.54) is 54.7 Å². The van der Waals surface area contributed by atoms with Gasteiger partial charge in [0, 0.05) is 22.1 Å². The van der Waals surface area contributed by atoms with E-state index in [0.717, 1.165) is 61.1 Å². The Morgan fingerprint density at radius 2 is 0.823 bits per heavy atom. The van der Waals surface area contributed by atoms with Crippen LogP contribution in [0.3, 0.4) is 0 Å². The number of hydrogen-bond donors (Lipinski definition) is 0. The predicted molar refractivity (Wildman–Crippen MR) is 263 cm³/mol. The Balaban J connectivity index is 1.05. The van der Waals surface area contributed by atoms with Crippen LogP contribution in [-0.4, -0.2) is 0 Å². The maximum atomic E-state index is 6.91. The van der Waals surface area contributed by atoms with Gasteiger partial charge in [-0.05, 0) is 125 Å². The summed E-state index contributed by atoms with van der Waals surface area (Å²) in [4.78, 5) is 2.36. The zero-order valence-corrected chi connectivity index (χ0v) is 33.9. The first-order valence-corrected chi connectivity index (χ1v) is 21.2. The monoisotopic (exact) mass is 789 g/mol. The number of nitrogens with zero attached hydrogens (tertiary/aromatic N) is 1. The highest BCUT2D eigenvalue weighted by atomic mass is 16.3. The molecular formula is C60H39NO. The molecule has 11 aromatic carbocycles. The van der Waals surface area contributed by atoms with Crippen molar-refractivity contribution in [1.29, 1.82) is 0 Å². The van der Waals surface area contributed by atoms with Crippen LogP contribution in [0.2, 0.25) is 0 Å². The van der Waals surface area contributed by atoms with E-state index >= 15 is 0 Å². The van der Waals surface area contributed by atoms with E-state index < -0.39 is 0 Å². The van der Waals surface area contributed by atoms with Gasteiger partial charge in [-0.2, -0.15) is 0 Å². The fraction of sp³-hybridized carbons (Fsp3) is 0. The van der Waals surface area contributed by atoms with Crippen LogP contribution in [0.25, 0.3) is 98.8 Å². The highest BCUT2D eigenvalue weighted by molar-refractivity contribution is 6.16. The smallest absolute Gasteiger partial charge is 0.159 e. The summed E-state index contributed by atoms with van der Waals surface area (Å²) in [7, 11) is 0. The molecule has 0 aliphatic rings. The van der Waals surface area contributed by atoms with Crippen molar-refractivity contribution in [3.8, 4) is 44.5 Å². The van der Waals surface area contributed by atoms with Crippen molar-refractivity contribution in [3.63, 3.8) is 0 Å². The third-order valence-electron chi connectivity index (χ3n) is 12.4. The van der Waals surface area contributed by atoms with Crippen molar-refractivity contribution in [2.75, 3.05) is 4.90 Å². The molecular weight excluding hydrogens is 751 g/mol. The van der Waals surface area contributed by atoms with Crippen molar-refractivity contribution in [3.05, 3.63) is 237 Å². The van der Waals surface area contributed by atoms with Crippen molar-refractivity contribution >= 4 is 71.3 Å². The highest BCUT2D eigenvalue weighted by Crippen LogP contribution is 2.46. The molecule has 0 unspecified atom stereocenters. The molecule has 12 rings (SSSR count). The molecule has 2 heteroatoms. The van der Waals surface area contributed by atoms with Crippen LogP contribution in [0.5, 0.6) is 0 Å². The first-order chi connectivity index (χ1) is 30.7. The number of anilines is 3. The van der Waals surface area contributed by atoms with E-state index in [-0.39, 0.29) is 0 Å². The number of benzene rings is 11. The van der Waals surface area contributed by atoms with Gasteiger partial charge in [-0.3, -0.25) is 0 Å². The summed E-state index contributed by atoms with van der Waals surface area (Å²) in [6, 6.07) is 85.4. The van der Waals surface area contributed by atoms with Gasteiger partial charge in [-0.25, -0.2) is 0 Å². The number of hydrogen-bond acceptors (Lipinski definition) is 2. The summed E-state index contributed by atoms with van der Waals surface area (Å²) in [5.74, 6) is 0. The number of furan rings is 1. The Hall–Kier alpha value is -8.20. The van der Waals surface area contributed by atoms with Crippen molar-refractivity contribution in [2.24, 2.45) is 0 Å². The Morgan fingerprint density at radius 3 is 1.58 bits per heavy atom. The van der Waals surface area contributed by atoms with Crippen LogP contribution in [0.4, 0.5) is 17.1 Å². The zero-order valence-electron chi connectivity index (χ0n) is 33.9. The molecule has 2 nitrogen and oxygen atoms in total. The summed E-state index contributed by atoms with van der Waals surface area (Å²) >= 11 is 0. The van der Waals surface area contributed by atoms with Crippen LogP contribution < -0.4 is 4.90 Å². The molecule has 1 aromatic heterocycles. The molecule has 12 aromatic rings. The van der Waals surface area contributed by atoms with Crippen LogP contribution in [-0.2, 0) is 0 Å². The quantitative estimate of drug-likeness (QED) is 0.150. The topological polar surface area (TPSA) is 16.4 Å². The Bertz CT molecular complexity index is 3620. The van der Waals surface area contributed by atoms with E-state index in [1.807, 2.05) is 0 Å². The van der Waals surface area contributed by atoms with Crippen molar-refractivity contribution in [1.82, 2.24) is 0 Å². The summed E-state index contributed by atoms with van der Waals surface area (Å²) in [6.45, 7) is 0. The number of rotatable bonds is 7. The lowest BCUT2D eigenvalue weighted by Gasteiger charge is -2.27. The minimum atomic E-state index is 0.851. The van der Waals surface area contributed by atoms with E-state index in [2.05, 4.69) is 241 Å². The second-order valence-corrected chi connectivity index (χ2v) is 16.0. The molecule has 0 amide bonds. The first-order valence-electron chi connectivity index (χ1n) is 21.2. The van der Waals surface area contributed by atoms with Crippen molar-refractivity contribution in [2.45, 2.75) is 0 Å². The average Bonchev–Trinajstić information content (AvgIpc) is 3.72. The third-order valence-corrected chi connectivity index (χ3v) is 12.4. The Morgan fingerprint density at radius 1 is 0.274 bits per heavy atom. The molecule has 0 aliphatic carbocycles. The van der Waals surface area contributed by atoms with Crippen LogP contribution in [0, 0.1) is 0 Å². The van der Waals surface area contributed by atoms with Crippen LogP contribution in [0.15, 0.2) is 241 Å². The molecule has 0 aliphatic heterocycles. The Kier molecular flexibility index (Phi) is 8.53. The lowest BCUT2D eigenvalue weighted by Crippen LogP contribution is -2.10. The Labute approximate surface area is 360 Å². The lowest BCUT2D eigenvalue weighted by atomic mass is 9.89. The molecule has 0 saturated carbocycles. The van der Waals surface area contributed by atoms with E-state index in [0.29, 0.717) is 0 Å². The van der Waals surface area contributed by atoms with Gasteiger partial charge in [0.25, 0.3) is 0 Å². The molecule has 0 N–H and O–H groups in total. The van der Waals surface area contributed by atoms with Crippen LogP contribution in [0.1, 0.15) is 0 Å². The van der Waals surface area contributed by atoms with Crippen LogP contribution >= 0.6 is 0 Å². The van der Waals surface area contributed by atoms with Gasteiger partial charge >= 0.3 is 0 Å². The summed E-state index contributed by atoms with van der Waals surface area (Å²) < 4.78 is 6.91. The molecule has 0 bridgehead atoms. The van der Waals surface area contributed by atoms with Gasteiger partial charge < -0.3 is 9.32 Å². The van der Waals surface area contributed by atoms with Gasteiger partial charge in [0.05, 0.1) is 5.69 Å². The fourth-order valence-corrected chi connectivity index (χ4v) is 9.51. The largest absolute Gasteiger partial charge is 0.454 e. The minimum absolute atomic E-state index is 0.851. The van der Waals surface area contributed by atoms with Gasteiger partial charge in [-0.15, -0.1) is 0 Å².